The average molecular weight is 472 g/mol. The van der Waals surface area contributed by atoms with Crippen LogP contribution in [-0.2, 0) is 19.6 Å². The molecule has 3 unspecified atom stereocenters. The van der Waals surface area contributed by atoms with E-state index in [2.05, 4.69) is 0 Å². The molecular weight excluding hydrogens is 426 g/mol. The number of nitrogens with zero attached hydrogens (tertiary/aromatic N) is 3. The van der Waals surface area contributed by atoms with Gasteiger partial charge in [-0.3, -0.25) is 0 Å². The quantitative estimate of drug-likeness (QED) is 0.502. The van der Waals surface area contributed by atoms with Crippen LogP contribution < -0.4 is 17.1 Å². The van der Waals surface area contributed by atoms with Crippen molar-refractivity contribution >= 4 is 0 Å². The van der Waals surface area contributed by atoms with Gasteiger partial charge in [-0.1, -0.05) is 62.3 Å². The number of hydrogen-bond donors (Lipinski definition) is 3. The van der Waals surface area contributed by atoms with E-state index in [0.29, 0.717) is 19.3 Å². The maximum Gasteiger partial charge on any atom is 0.336 e. The molecule has 1 aromatic rings. The number of rotatable bonds is 9. The number of hydrogen-bond acceptors (Lipinski definition) is 6. The number of aromatic nitrogens is 3. The summed E-state index contributed by atoms with van der Waals surface area (Å²) in [5.41, 5.74) is -3.31. The van der Waals surface area contributed by atoms with E-state index in [9.17, 15) is 29.7 Å². The summed E-state index contributed by atoms with van der Waals surface area (Å²) < 4.78 is 2.52. The fourth-order valence-corrected chi connectivity index (χ4v) is 4.10. The molecule has 9 nitrogen and oxygen atoms in total. The Morgan fingerprint density at radius 3 is 0.848 bits per heavy atom. The van der Waals surface area contributed by atoms with Crippen LogP contribution in [0.4, 0.5) is 0 Å². The third kappa shape index (κ3) is 9.98. The zero-order valence-corrected chi connectivity index (χ0v) is 21.9. The first kappa shape index (κ1) is 29.3. The molecule has 3 atom stereocenters. The Morgan fingerprint density at radius 1 is 0.515 bits per heavy atom. The predicted molar refractivity (Wildman–Crippen MR) is 129 cm³/mol. The van der Waals surface area contributed by atoms with E-state index in [0.717, 1.165) is 13.7 Å². The highest BCUT2D eigenvalue weighted by Crippen LogP contribution is 2.22. The van der Waals surface area contributed by atoms with E-state index in [1.807, 2.05) is 62.3 Å². The van der Waals surface area contributed by atoms with Gasteiger partial charge in [-0.25, -0.2) is 28.1 Å². The van der Waals surface area contributed by atoms with Crippen molar-refractivity contribution in [1.29, 1.82) is 0 Å². The summed E-state index contributed by atoms with van der Waals surface area (Å²) in [4.78, 5) is 39.3. The minimum Gasteiger partial charge on any atom is -0.391 e. The first-order valence-electron chi connectivity index (χ1n) is 11.7. The van der Waals surface area contributed by atoms with E-state index >= 15 is 0 Å². The Hall–Kier alpha value is -1.71. The van der Waals surface area contributed by atoms with Gasteiger partial charge < -0.3 is 15.3 Å². The molecule has 0 fully saturated rings. The van der Waals surface area contributed by atoms with E-state index in [-0.39, 0.29) is 35.9 Å². The highest BCUT2D eigenvalue weighted by molar-refractivity contribution is 4.84. The fourth-order valence-electron chi connectivity index (χ4n) is 4.10. The Morgan fingerprint density at radius 2 is 0.697 bits per heavy atom. The largest absolute Gasteiger partial charge is 0.391 e. The molecule has 0 bridgehead atoms. The Labute approximate surface area is 196 Å². The maximum absolute atomic E-state index is 13.1. The Bertz CT molecular complexity index is 799. The molecule has 0 radical (unpaired) electrons. The standard InChI is InChI=1S/C24H45N3O6/c1-22(2,3)10-16(28)13-25-19(31)26(14-17(29)11-23(4,5)6)21(33)27(20(25)32)15-18(30)12-24(7,8)9/h16-18,28-30H,10-15H2,1-9H3. The molecular formula is C24H45N3O6. The molecule has 0 saturated carbocycles. The maximum atomic E-state index is 13.1. The molecule has 0 aliphatic rings. The SMILES string of the molecule is CC(C)(C)CC(O)Cn1c(=O)n(CC(O)CC(C)(C)C)c(=O)n(CC(O)CC(C)(C)C)c1=O. The molecule has 33 heavy (non-hydrogen) atoms. The molecule has 0 aliphatic heterocycles. The normalized spacial score (nSPS) is 16.0. The van der Waals surface area contributed by atoms with Gasteiger partial charge >= 0.3 is 17.1 Å². The van der Waals surface area contributed by atoms with Crippen LogP contribution in [0.25, 0.3) is 0 Å². The lowest BCUT2D eigenvalue weighted by molar-refractivity contribution is 0.0858. The van der Waals surface area contributed by atoms with Crippen LogP contribution in [0.2, 0.25) is 0 Å². The number of aliphatic hydroxyl groups excluding tert-OH is 3. The van der Waals surface area contributed by atoms with Crippen LogP contribution in [-0.4, -0.2) is 47.3 Å². The van der Waals surface area contributed by atoms with Crippen molar-refractivity contribution in [2.45, 2.75) is 120 Å². The van der Waals surface area contributed by atoms with Crippen molar-refractivity contribution in [1.82, 2.24) is 13.7 Å². The van der Waals surface area contributed by atoms with Crippen molar-refractivity contribution in [2.24, 2.45) is 16.2 Å². The fraction of sp³-hybridized carbons (Fsp3) is 0.875. The van der Waals surface area contributed by atoms with Gasteiger partial charge in [0.15, 0.2) is 0 Å². The topological polar surface area (TPSA) is 127 Å². The van der Waals surface area contributed by atoms with Crippen molar-refractivity contribution in [2.75, 3.05) is 0 Å². The third-order valence-electron chi connectivity index (χ3n) is 5.11. The zero-order chi connectivity index (χ0) is 25.9. The second-order valence-corrected chi connectivity index (χ2v) is 12.9. The predicted octanol–water partition coefficient (Wildman–Crippen LogP) is 1.56. The van der Waals surface area contributed by atoms with Crippen LogP contribution in [0.5, 0.6) is 0 Å². The summed E-state index contributed by atoms with van der Waals surface area (Å²) in [6, 6.07) is 0. The summed E-state index contributed by atoms with van der Waals surface area (Å²) in [6.45, 7) is 16.6. The molecule has 9 heteroatoms. The second-order valence-electron chi connectivity index (χ2n) is 12.9. The molecule has 0 spiro atoms. The third-order valence-corrected chi connectivity index (χ3v) is 5.11. The lowest BCUT2D eigenvalue weighted by Crippen LogP contribution is -2.57. The van der Waals surface area contributed by atoms with Crippen molar-refractivity contribution in [3.63, 3.8) is 0 Å². The summed E-state index contributed by atoms with van der Waals surface area (Å²) in [5, 5.41) is 31.5. The van der Waals surface area contributed by atoms with Gasteiger partial charge in [0.25, 0.3) is 0 Å². The van der Waals surface area contributed by atoms with Gasteiger partial charge in [0.2, 0.25) is 0 Å². The summed E-state index contributed by atoms with van der Waals surface area (Å²) >= 11 is 0. The highest BCUT2D eigenvalue weighted by atomic mass is 16.3. The smallest absolute Gasteiger partial charge is 0.336 e. The average Bonchev–Trinajstić information content (AvgIpc) is 2.54. The minimum absolute atomic E-state index is 0.234. The van der Waals surface area contributed by atoms with Crippen LogP contribution in [0.1, 0.15) is 81.6 Å². The molecule has 1 aromatic heterocycles. The minimum atomic E-state index is -0.978. The van der Waals surface area contributed by atoms with E-state index in [1.165, 1.54) is 0 Å². The molecule has 1 rings (SSSR count). The van der Waals surface area contributed by atoms with Gasteiger partial charge in [0.05, 0.1) is 37.9 Å². The number of aliphatic hydroxyl groups is 3. The molecule has 1 heterocycles. The van der Waals surface area contributed by atoms with Crippen molar-refractivity contribution in [3.8, 4) is 0 Å². The van der Waals surface area contributed by atoms with Gasteiger partial charge in [-0.15, -0.1) is 0 Å². The van der Waals surface area contributed by atoms with Gasteiger partial charge in [0, 0.05) is 0 Å². The summed E-state index contributed by atoms with van der Waals surface area (Å²) in [7, 11) is 0. The molecule has 0 aromatic carbocycles. The Kier molecular flexibility index (Phi) is 9.50. The molecule has 0 saturated heterocycles. The van der Waals surface area contributed by atoms with Gasteiger partial charge in [0.1, 0.15) is 0 Å². The van der Waals surface area contributed by atoms with E-state index in [1.54, 1.807) is 0 Å². The summed E-state index contributed by atoms with van der Waals surface area (Å²) in [6.07, 6.45) is -1.90. The van der Waals surface area contributed by atoms with Gasteiger partial charge in [-0.2, -0.15) is 0 Å². The molecule has 0 amide bonds. The van der Waals surface area contributed by atoms with Crippen LogP contribution in [0.15, 0.2) is 14.4 Å². The summed E-state index contributed by atoms with van der Waals surface area (Å²) in [5.74, 6) is 0. The molecule has 192 valence electrons. The van der Waals surface area contributed by atoms with Crippen molar-refractivity contribution < 1.29 is 15.3 Å². The zero-order valence-electron chi connectivity index (χ0n) is 21.9. The first-order valence-corrected chi connectivity index (χ1v) is 11.7. The van der Waals surface area contributed by atoms with Crippen LogP contribution in [0.3, 0.4) is 0 Å². The lowest BCUT2D eigenvalue weighted by atomic mass is 9.89. The van der Waals surface area contributed by atoms with E-state index in [4.69, 9.17) is 0 Å². The van der Waals surface area contributed by atoms with Crippen LogP contribution in [0, 0.1) is 16.2 Å². The van der Waals surface area contributed by atoms with Crippen molar-refractivity contribution in [3.05, 3.63) is 31.5 Å². The molecule has 3 N–H and O–H groups in total. The van der Waals surface area contributed by atoms with Gasteiger partial charge in [-0.05, 0) is 35.5 Å². The highest BCUT2D eigenvalue weighted by Gasteiger charge is 2.25. The van der Waals surface area contributed by atoms with Crippen LogP contribution >= 0.6 is 0 Å². The second kappa shape index (κ2) is 10.7. The molecule has 0 aliphatic carbocycles. The lowest BCUT2D eigenvalue weighted by Gasteiger charge is -2.25. The monoisotopic (exact) mass is 471 g/mol. The Balaban J connectivity index is 3.52. The van der Waals surface area contributed by atoms with E-state index < -0.39 is 35.4 Å². The first-order chi connectivity index (χ1) is 14.7.